The Bertz CT molecular complexity index is 385. The van der Waals surface area contributed by atoms with Crippen LogP contribution in [0.5, 0.6) is 0 Å². The molecule has 3 heteroatoms. The number of aryl methyl sites for hydroxylation is 2. The van der Waals surface area contributed by atoms with Crippen LogP contribution in [0.3, 0.4) is 0 Å². The number of hydrogen-bond acceptors (Lipinski definition) is 2. The minimum Gasteiger partial charge on any atom is -0.478 e. The molecule has 14 heavy (non-hydrogen) atoms. The highest BCUT2D eigenvalue weighted by atomic mass is 16.4. The molecule has 2 rings (SSSR count). The first-order valence-electron chi connectivity index (χ1n) is 4.79. The standard InChI is InChI=1S/C11H13NO2/c1-7-5-9(11(13)14)6-8-3-2-4-12-10(7)8/h5-6,12H,2-4H2,1H3,(H,13,14). The van der Waals surface area contributed by atoms with Crippen LogP contribution in [0.25, 0.3) is 0 Å². The molecule has 0 fully saturated rings. The Balaban J connectivity index is 2.51. The van der Waals surface area contributed by atoms with Gasteiger partial charge in [0.2, 0.25) is 0 Å². The van der Waals surface area contributed by atoms with E-state index in [0.717, 1.165) is 36.2 Å². The lowest BCUT2D eigenvalue weighted by atomic mass is 9.97. The van der Waals surface area contributed by atoms with Gasteiger partial charge in [-0.3, -0.25) is 0 Å². The van der Waals surface area contributed by atoms with Crippen molar-refractivity contribution >= 4 is 11.7 Å². The van der Waals surface area contributed by atoms with Crippen LogP contribution in [-0.2, 0) is 6.42 Å². The quantitative estimate of drug-likeness (QED) is 0.714. The number of anilines is 1. The SMILES string of the molecule is Cc1cc(C(=O)O)cc2c1NCCC2. The summed E-state index contributed by atoms with van der Waals surface area (Å²) in [6.45, 7) is 2.93. The summed E-state index contributed by atoms with van der Waals surface area (Å²) in [5, 5.41) is 12.2. The lowest BCUT2D eigenvalue weighted by molar-refractivity contribution is 0.0696. The molecule has 0 bridgehead atoms. The molecule has 0 atom stereocenters. The van der Waals surface area contributed by atoms with Gasteiger partial charge >= 0.3 is 5.97 Å². The van der Waals surface area contributed by atoms with Crippen molar-refractivity contribution in [1.29, 1.82) is 0 Å². The highest BCUT2D eigenvalue weighted by molar-refractivity contribution is 5.89. The number of carboxylic acids is 1. The van der Waals surface area contributed by atoms with E-state index in [-0.39, 0.29) is 0 Å². The molecule has 0 unspecified atom stereocenters. The topological polar surface area (TPSA) is 49.3 Å². The molecular weight excluding hydrogens is 178 g/mol. The molecule has 0 aliphatic carbocycles. The minimum absolute atomic E-state index is 0.393. The fourth-order valence-corrected chi connectivity index (χ4v) is 1.93. The van der Waals surface area contributed by atoms with Gasteiger partial charge in [0.05, 0.1) is 5.56 Å². The van der Waals surface area contributed by atoms with Gasteiger partial charge in [-0.05, 0) is 43.0 Å². The zero-order valence-corrected chi connectivity index (χ0v) is 8.13. The van der Waals surface area contributed by atoms with Crippen molar-refractivity contribution in [2.45, 2.75) is 19.8 Å². The van der Waals surface area contributed by atoms with Crippen LogP contribution >= 0.6 is 0 Å². The lowest BCUT2D eigenvalue weighted by Crippen LogP contribution is -2.14. The van der Waals surface area contributed by atoms with Crippen molar-refractivity contribution in [2.24, 2.45) is 0 Å². The van der Waals surface area contributed by atoms with Gasteiger partial charge in [-0.25, -0.2) is 4.79 Å². The molecule has 1 aliphatic rings. The van der Waals surface area contributed by atoms with Gasteiger partial charge in [0.25, 0.3) is 0 Å². The summed E-state index contributed by atoms with van der Waals surface area (Å²) in [5.74, 6) is -0.846. The van der Waals surface area contributed by atoms with Crippen molar-refractivity contribution in [2.75, 3.05) is 11.9 Å². The second-order valence-corrected chi connectivity index (χ2v) is 3.66. The van der Waals surface area contributed by atoms with Gasteiger partial charge in [0.1, 0.15) is 0 Å². The van der Waals surface area contributed by atoms with Crippen LogP contribution in [0.1, 0.15) is 27.9 Å². The Kier molecular flexibility index (Phi) is 2.15. The molecule has 0 radical (unpaired) electrons. The lowest BCUT2D eigenvalue weighted by Gasteiger charge is -2.20. The first kappa shape index (κ1) is 9.06. The van der Waals surface area contributed by atoms with Crippen molar-refractivity contribution in [3.05, 3.63) is 28.8 Å². The van der Waals surface area contributed by atoms with Crippen LogP contribution in [0.15, 0.2) is 12.1 Å². The number of hydrogen-bond donors (Lipinski definition) is 2. The average Bonchev–Trinajstić information content (AvgIpc) is 2.17. The Morgan fingerprint density at radius 3 is 3.00 bits per heavy atom. The van der Waals surface area contributed by atoms with Crippen LogP contribution in [0, 0.1) is 6.92 Å². The number of carboxylic acid groups (broad SMARTS) is 1. The van der Waals surface area contributed by atoms with Crippen LogP contribution < -0.4 is 5.32 Å². The molecule has 0 amide bonds. The molecule has 0 saturated heterocycles. The fourth-order valence-electron chi connectivity index (χ4n) is 1.93. The predicted octanol–water partition coefficient (Wildman–Crippen LogP) is 2.05. The van der Waals surface area contributed by atoms with Crippen LogP contribution in [0.4, 0.5) is 5.69 Å². The summed E-state index contributed by atoms with van der Waals surface area (Å²) < 4.78 is 0. The van der Waals surface area contributed by atoms with E-state index in [1.54, 1.807) is 12.1 Å². The maximum atomic E-state index is 10.8. The monoisotopic (exact) mass is 191 g/mol. The van der Waals surface area contributed by atoms with E-state index in [1.807, 2.05) is 6.92 Å². The van der Waals surface area contributed by atoms with E-state index in [2.05, 4.69) is 5.32 Å². The number of aromatic carboxylic acids is 1. The van der Waals surface area contributed by atoms with Gasteiger partial charge in [0, 0.05) is 12.2 Å². The summed E-state index contributed by atoms with van der Waals surface area (Å²) in [7, 11) is 0. The molecule has 0 aromatic heterocycles. The van der Waals surface area contributed by atoms with Gasteiger partial charge in [0.15, 0.2) is 0 Å². The third kappa shape index (κ3) is 1.45. The molecule has 1 heterocycles. The van der Waals surface area contributed by atoms with Crippen molar-refractivity contribution in [3.63, 3.8) is 0 Å². The number of benzene rings is 1. The maximum absolute atomic E-state index is 10.8. The highest BCUT2D eigenvalue weighted by Crippen LogP contribution is 2.27. The van der Waals surface area contributed by atoms with Gasteiger partial charge < -0.3 is 10.4 Å². The summed E-state index contributed by atoms with van der Waals surface area (Å²) in [4.78, 5) is 10.8. The summed E-state index contributed by atoms with van der Waals surface area (Å²) >= 11 is 0. The Morgan fingerprint density at radius 2 is 2.29 bits per heavy atom. The van der Waals surface area contributed by atoms with E-state index in [0.29, 0.717) is 5.56 Å². The zero-order chi connectivity index (χ0) is 10.1. The molecule has 74 valence electrons. The van der Waals surface area contributed by atoms with Crippen molar-refractivity contribution in [3.8, 4) is 0 Å². The molecule has 2 N–H and O–H groups in total. The van der Waals surface area contributed by atoms with E-state index in [4.69, 9.17) is 5.11 Å². The number of carbonyl (C=O) groups is 1. The van der Waals surface area contributed by atoms with Crippen molar-refractivity contribution in [1.82, 2.24) is 0 Å². The van der Waals surface area contributed by atoms with E-state index < -0.39 is 5.97 Å². The number of nitrogens with one attached hydrogen (secondary N) is 1. The highest BCUT2D eigenvalue weighted by Gasteiger charge is 2.14. The molecular formula is C11H13NO2. The summed E-state index contributed by atoms with van der Waals surface area (Å²) in [6.07, 6.45) is 2.06. The van der Waals surface area contributed by atoms with Gasteiger partial charge in [-0.1, -0.05) is 0 Å². The maximum Gasteiger partial charge on any atom is 0.335 e. The van der Waals surface area contributed by atoms with E-state index >= 15 is 0 Å². The Labute approximate surface area is 82.8 Å². The Hall–Kier alpha value is -1.51. The van der Waals surface area contributed by atoms with Gasteiger partial charge in [-0.2, -0.15) is 0 Å². The zero-order valence-electron chi connectivity index (χ0n) is 8.13. The normalized spacial score (nSPS) is 14.4. The second-order valence-electron chi connectivity index (χ2n) is 3.66. The van der Waals surface area contributed by atoms with E-state index in [9.17, 15) is 4.79 Å². The van der Waals surface area contributed by atoms with Crippen LogP contribution in [-0.4, -0.2) is 17.6 Å². The number of fused-ring (bicyclic) bond motifs is 1. The average molecular weight is 191 g/mol. The van der Waals surface area contributed by atoms with Crippen LogP contribution in [0.2, 0.25) is 0 Å². The summed E-state index contributed by atoms with van der Waals surface area (Å²) in [5.41, 5.74) is 3.68. The predicted molar refractivity (Wildman–Crippen MR) is 54.9 cm³/mol. The van der Waals surface area contributed by atoms with E-state index in [1.165, 1.54) is 0 Å². The molecule has 3 nitrogen and oxygen atoms in total. The number of rotatable bonds is 1. The first-order valence-corrected chi connectivity index (χ1v) is 4.79. The molecule has 1 aromatic rings. The summed E-state index contributed by atoms with van der Waals surface area (Å²) in [6, 6.07) is 3.50. The van der Waals surface area contributed by atoms with Gasteiger partial charge in [-0.15, -0.1) is 0 Å². The molecule has 0 saturated carbocycles. The second kappa shape index (κ2) is 3.33. The molecule has 0 spiro atoms. The molecule has 1 aliphatic heterocycles. The van der Waals surface area contributed by atoms with Crippen molar-refractivity contribution < 1.29 is 9.90 Å². The third-order valence-corrected chi connectivity index (χ3v) is 2.59. The minimum atomic E-state index is -0.846. The first-order chi connectivity index (χ1) is 6.68. The Morgan fingerprint density at radius 1 is 1.50 bits per heavy atom. The fraction of sp³-hybridized carbons (Fsp3) is 0.364. The third-order valence-electron chi connectivity index (χ3n) is 2.59. The smallest absolute Gasteiger partial charge is 0.335 e. The largest absolute Gasteiger partial charge is 0.478 e. The molecule has 1 aromatic carbocycles.